The number of aliphatic carboxylic acids is 1. The average Bonchev–Trinajstić information content (AvgIpc) is 2.28. The Balaban J connectivity index is 2.56. The van der Waals surface area contributed by atoms with Gasteiger partial charge in [-0.2, -0.15) is 5.26 Å². The molecule has 0 radical (unpaired) electrons. The Kier molecular flexibility index (Phi) is 6.09. The van der Waals surface area contributed by atoms with Crippen molar-refractivity contribution in [2.45, 2.75) is 25.8 Å². The van der Waals surface area contributed by atoms with E-state index in [4.69, 9.17) is 15.1 Å². The molecule has 1 aliphatic heterocycles. The molecule has 1 fully saturated rings. The van der Waals surface area contributed by atoms with E-state index in [0.717, 1.165) is 0 Å². The number of hydrogen-bond acceptors (Lipinski definition) is 5. The molecule has 2 atom stereocenters. The van der Waals surface area contributed by atoms with E-state index in [0.29, 0.717) is 26.1 Å². The summed E-state index contributed by atoms with van der Waals surface area (Å²) in [5.41, 5.74) is 0. The average molecular weight is 269 g/mol. The molecule has 0 bridgehead atoms. The Labute approximate surface area is 112 Å². The summed E-state index contributed by atoms with van der Waals surface area (Å²) in [5.74, 6) is -0.926. The fourth-order valence-corrected chi connectivity index (χ4v) is 2.37. The number of nitrogens with one attached hydrogen (secondary N) is 1. The van der Waals surface area contributed by atoms with Crippen LogP contribution >= 0.6 is 0 Å². The third kappa shape index (κ3) is 5.57. The summed E-state index contributed by atoms with van der Waals surface area (Å²) < 4.78 is 4.81. The zero-order valence-corrected chi connectivity index (χ0v) is 11.0. The van der Waals surface area contributed by atoms with Crippen LogP contribution in [0.4, 0.5) is 4.79 Å². The Hall–Kier alpha value is -1.81. The Morgan fingerprint density at radius 3 is 2.84 bits per heavy atom. The summed E-state index contributed by atoms with van der Waals surface area (Å²) >= 11 is 0. The lowest BCUT2D eigenvalue weighted by Crippen LogP contribution is -2.51. The summed E-state index contributed by atoms with van der Waals surface area (Å²) in [5, 5.41) is 20.3. The van der Waals surface area contributed by atoms with Crippen LogP contribution in [0.15, 0.2) is 0 Å². The zero-order chi connectivity index (χ0) is 14.3. The van der Waals surface area contributed by atoms with Crippen LogP contribution in [-0.2, 0) is 9.53 Å². The Bertz CT molecular complexity index is 366. The molecule has 19 heavy (non-hydrogen) atoms. The molecule has 2 N–H and O–H groups in total. The number of likely N-dealkylation sites (tertiary alicyclic amines) is 1. The minimum Gasteiger partial charge on any atom is -0.481 e. The molecule has 0 saturated carbocycles. The molecule has 1 heterocycles. The van der Waals surface area contributed by atoms with Crippen molar-refractivity contribution in [1.82, 2.24) is 10.2 Å². The number of carbonyl (C=O) groups is 2. The molecule has 106 valence electrons. The second-order valence-corrected chi connectivity index (χ2v) is 4.61. The van der Waals surface area contributed by atoms with Gasteiger partial charge in [-0.05, 0) is 19.3 Å². The molecule has 1 amide bonds. The summed E-state index contributed by atoms with van der Waals surface area (Å²) in [6.07, 6.45) is 0.135. The van der Waals surface area contributed by atoms with E-state index in [1.807, 2.05) is 11.0 Å². The Morgan fingerprint density at radius 1 is 1.53 bits per heavy atom. The third-order valence-electron chi connectivity index (χ3n) is 2.97. The van der Waals surface area contributed by atoms with E-state index in [1.54, 1.807) is 6.92 Å². The van der Waals surface area contributed by atoms with Gasteiger partial charge < -0.3 is 15.2 Å². The molecular weight excluding hydrogens is 250 g/mol. The molecule has 7 heteroatoms. The number of ether oxygens (including phenoxy) is 1. The van der Waals surface area contributed by atoms with Crippen molar-refractivity contribution in [1.29, 1.82) is 5.26 Å². The minimum absolute atomic E-state index is 0.0446. The van der Waals surface area contributed by atoms with Gasteiger partial charge in [0.2, 0.25) is 0 Å². The number of carboxylic acids is 1. The van der Waals surface area contributed by atoms with E-state index >= 15 is 0 Å². The fourth-order valence-electron chi connectivity index (χ4n) is 2.37. The van der Waals surface area contributed by atoms with Gasteiger partial charge in [-0.25, -0.2) is 4.79 Å². The molecule has 1 saturated heterocycles. The first-order valence-corrected chi connectivity index (χ1v) is 6.29. The van der Waals surface area contributed by atoms with Gasteiger partial charge in [-0.15, -0.1) is 0 Å². The highest BCUT2D eigenvalue weighted by Gasteiger charge is 2.29. The highest BCUT2D eigenvalue weighted by Crippen LogP contribution is 2.20. The number of carboxylic acid groups (broad SMARTS) is 1. The van der Waals surface area contributed by atoms with E-state index in [2.05, 4.69) is 5.32 Å². The number of hydrogen-bond donors (Lipinski definition) is 2. The maximum Gasteiger partial charge on any atom is 0.407 e. The monoisotopic (exact) mass is 269 g/mol. The smallest absolute Gasteiger partial charge is 0.407 e. The van der Waals surface area contributed by atoms with Crippen LogP contribution < -0.4 is 5.32 Å². The van der Waals surface area contributed by atoms with Crippen LogP contribution in [0, 0.1) is 17.2 Å². The van der Waals surface area contributed by atoms with Gasteiger partial charge in [0.25, 0.3) is 0 Å². The number of alkyl carbamates (subject to hydrolysis) is 1. The largest absolute Gasteiger partial charge is 0.481 e. The van der Waals surface area contributed by atoms with Gasteiger partial charge in [0.05, 0.1) is 19.2 Å². The van der Waals surface area contributed by atoms with Crippen LogP contribution in [0.5, 0.6) is 0 Å². The van der Waals surface area contributed by atoms with Crippen molar-refractivity contribution in [3.63, 3.8) is 0 Å². The van der Waals surface area contributed by atoms with Crippen molar-refractivity contribution < 1.29 is 19.4 Å². The van der Waals surface area contributed by atoms with E-state index in [9.17, 15) is 9.59 Å². The number of rotatable bonds is 5. The summed E-state index contributed by atoms with van der Waals surface area (Å²) in [6.45, 7) is 3.36. The van der Waals surface area contributed by atoms with Gasteiger partial charge in [0.1, 0.15) is 0 Å². The van der Waals surface area contributed by atoms with Gasteiger partial charge in [0, 0.05) is 25.6 Å². The highest BCUT2D eigenvalue weighted by atomic mass is 16.5. The SMILES string of the molecule is CCOC(=O)NC1CC(CC(=O)O)CN(CC#N)C1. The summed E-state index contributed by atoms with van der Waals surface area (Å²) in [7, 11) is 0. The van der Waals surface area contributed by atoms with Gasteiger partial charge >= 0.3 is 12.1 Å². The van der Waals surface area contributed by atoms with Crippen LogP contribution in [0.25, 0.3) is 0 Å². The second kappa shape index (κ2) is 7.59. The van der Waals surface area contributed by atoms with Gasteiger partial charge in [-0.3, -0.25) is 9.69 Å². The molecule has 0 aromatic heterocycles. The number of amides is 1. The van der Waals surface area contributed by atoms with Crippen LogP contribution in [0.1, 0.15) is 19.8 Å². The molecule has 0 aromatic rings. The van der Waals surface area contributed by atoms with Crippen molar-refractivity contribution in [3.8, 4) is 6.07 Å². The number of piperidine rings is 1. The van der Waals surface area contributed by atoms with Crippen LogP contribution in [0.2, 0.25) is 0 Å². The maximum atomic E-state index is 11.4. The molecule has 0 aromatic carbocycles. The number of nitrogens with zero attached hydrogens (tertiary/aromatic N) is 2. The fraction of sp³-hybridized carbons (Fsp3) is 0.750. The normalized spacial score (nSPS) is 23.4. The standard InChI is InChI=1S/C12H19N3O4/c1-2-19-12(18)14-10-5-9(6-11(16)17)7-15(8-10)4-3-13/h9-10H,2,4-8H2,1H3,(H,14,18)(H,16,17). The lowest BCUT2D eigenvalue weighted by atomic mass is 9.91. The molecule has 0 spiro atoms. The molecule has 1 aliphatic rings. The highest BCUT2D eigenvalue weighted by molar-refractivity contribution is 5.68. The summed E-state index contributed by atoms with van der Waals surface area (Å²) in [6, 6.07) is 1.87. The molecule has 2 unspecified atom stereocenters. The molecule has 1 rings (SSSR count). The number of carbonyl (C=O) groups excluding carboxylic acids is 1. The third-order valence-corrected chi connectivity index (χ3v) is 2.97. The van der Waals surface area contributed by atoms with Crippen LogP contribution in [-0.4, -0.2) is 54.4 Å². The first kappa shape index (κ1) is 15.2. The topological polar surface area (TPSA) is 103 Å². The summed E-state index contributed by atoms with van der Waals surface area (Å²) in [4.78, 5) is 24.0. The lowest BCUT2D eigenvalue weighted by Gasteiger charge is -2.36. The van der Waals surface area contributed by atoms with E-state index in [1.165, 1.54) is 0 Å². The van der Waals surface area contributed by atoms with Gasteiger partial charge in [0.15, 0.2) is 0 Å². The molecular formula is C12H19N3O4. The zero-order valence-electron chi connectivity index (χ0n) is 11.0. The number of nitriles is 1. The van der Waals surface area contributed by atoms with Gasteiger partial charge in [-0.1, -0.05) is 0 Å². The quantitative estimate of drug-likeness (QED) is 0.701. The predicted molar refractivity (Wildman–Crippen MR) is 66.4 cm³/mol. The van der Waals surface area contributed by atoms with Crippen molar-refractivity contribution in [3.05, 3.63) is 0 Å². The molecule has 0 aliphatic carbocycles. The van der Waals surface area contributed by atoms with Crippen LogP contribution in [0.3, 0.4) is 0 Å². The first-order chi connectivity index (χ1) is 9.05. The lowest BCUT2D eigenvalue weighted by molar-refractivity contribution is -0.138. The van der Waals surface area contributed by atoms with Crippen molar-refractivity contribution >= 4 is 12.1 Å². The first-order valence-electron chi connectivity index (χ1n) is 6.29. The predicted octanol–water partition coefficient (Wildman–Crippen LogP) is 0.421. The second-order valence-electron chi connectivity index (χ2n) is 4.61. The van der Waals surface area contributed by atoms with E-state index < -0.39 is 12.1 Å². The van der Waals surface area contributed by atoms with Crippen molar-refractivity contribution in [2.75, 3.05) is 26.2 Å². The van der Waals surface area contributed by atoms with E-state index in [-0.39, 0.29) is 24.9 Å². The molecule has 7 nitrogen and oxygen atoms in total. The minimum atomic E-state index is -0.862. The Morgan fingerprint density at radius 2 is 2.26 bits per heavy atom. The van der Waals surface area contributed by atoms with Crippen molar-refractivity contribution in [2.24, 2.45) is 5.92 Å². The maximum absolute atomic E-state index is 11.4.